The molecule has 0 radical (unpaired) electrons. The first-order valence-electron chi connectivity index (χ1n) is 8.02. The van der Waals surface area contributed by atoms with Gasteiger partial charge in [-0.05, 0) is 54.1 Å². The maximum atomic E-state index is 11.9. The lowest BCUT2D eigenvalue weighted by Crippen LogP contribution is -2.29. The Morgan fingerprint density at radius 3 is 2.28 bits per heavy atom. The molecule has 5 heteroatoms. The van der Waals surface area contributed by atoms with Gasteiger partial charge >= 0.3 is 0 Å². The van der Waals surface area contributed by atoms with Crippen LogP contribution in [0, 0.1) is 0 Å². The van der Waals surface area contributed by atoms with Gasteiger partial charge in [-0.1, -0.05) is 18.2 Å². The molecular formula is C20H19N3O2. The number of benzene rings is 2. The topological polar surface area (TPSA) is 63.2 Å². The number of nitrogens with zero attached hydrogens (tertiary/aromatic N) is 1. The number of anilines is 1. The Labute approximate surface area is 146 Å². The summed E-state index contributed by atoms with van der Waals surface area (Å²) in [7, 11) is 0. The lowest BCUT2D eigenvalue weighted by molar-refractivity contribution is -0.119. The molecule has 0 atom stereocenters. The van der Waals surface area contributed by atoms with E-state index in [-0.39, 0.29) is 12.5 Å². The number of hydrogen-bond donors (Lipinski definition) is 2. The van der Waals surface area contributed by atoms with Gasteiger partial charge in [-0.15, -0.1) is 0 Å². The first-order chi connectivity index (χ1) is 12.3. The van der Waals surface area contributed by atoms with Crippen molar-refractivity contribution in [2.75, 3.05) is 11.9 Å². The Morgan fingerprint density at radius 2 is 1.56 bits per heavy atom. The normalized spacial score (nSPS) is 10.1. The molecule has 5 nitrogen and oxygen atoms in total. The Kier molecular flexibility index (Phi) is 5.61. The number of pyridine rings is 1. The quantitative estimate of drug-likeness (QED) is 0.693. The number of carbonyl (C=O) groups is 1. The molecule has 0 aliphatic carbocycles. The van der Waals surface area contributed by atoms with Crippen molar-refractivity contribution in [3.63, 3.8) is 0 Å². The average molecular weight is 333 g/mol. The molecule has 0 aliphatic heterocycles. The summed E-state index contributed by atoms with van der Waals surface area (Å²) in [6.45, 7) is 0.705. The van der Waals surface area contributed by atoms with Crippen molar-refractivity contribution in [3.8, 4) is 11.5 Å². The molecule has 0 spiro atoms. The number of ether oxygens (including phenoxy) is 1. The van der Waals surface area contributed by atoms with Gasteiger partial charge in [0.25, 0.3) is 0 Å². The second kappa shape index (κ2) is 8.49. The largest absolute Gasteiger partial charge is 0.457 e. The highest BCUT2D eigenvalue weighted by molar-refractivity contribution is 5.80. The monoisotopic (exact) mass is 333 g/mol. The summed E-state index contributed by atoms with van der Waals surface area (Å²) in [6, 6.07) is 20.8. The summed E-state index contributed by atoms with van der Waals surface area (Å²) in [6.07, 6.45) is 3.41. The molecule has 1 heterocycles. The minimum absolute atomic E-state index is 0.0681. The molecule has 126 valence electrons. The Balaban J connectivity index is 1.44. The smallest absolute Gasteiger partial charge is 0.239 e. The van der Waals surface area contributed by atoms with Crippen molar-refractivity contribution in [2.24, 2.45) is 0 Å². The van der Waals surface area contributed by atoms with Crippen LogP contribution in [-0.2, 0) is 11.3 Å². The third-order valence-electron chi connectivity index (χ3n) is 3.53. The van der Waals surface area contributed by atoms with Crippen LogP contribution in [0.2, 0.25) is 0 Å². The summed E-state index contributed by atoms with van der Waals surface area (Å²) >= 11 is 0. The van der Waals surface area contributed by atoms with Gasteiger partial charge in [0.05, 0.1) is 6.54 Å². The number of nitrogens with one attached hydrogen (secondary N) is 2. The lowest BCUT2D eigenvalue weighted by atomic mass is 10.2. The number of amides is 1. The van der Waals surface area contributed by atoms with E-state index in [1.165, 1.54) is 0 Å². The van der Waals surface area contributed by atoms with Crippen molar-refractivity contribution >= 4 is 11.6 Å². The van der Waals surface area contributed by atoms with Crippen molar-refractivity contribution in [2.45, 2.75) is 6.54 Å². The summed E-state index contributed by atoms with van der Waals surface area (Å²) in [4.78, 5) is 15.8. The molecule has 0 aliphatic rings. The first-order valence-corrected chi connectivity index (χ1v) is 8.02. The van der Waals surface area contributed by atoms with Crippen LogP contribution in [0.15, 0.2) is 79.1 Å². The second-order valence-electron chi connectivity index (χ2n) is 5.43. The van der Waals surface area contributed by atoms with Crippen LogP contribution < -0.4 is 15.4 Å². The average Bonchev–Trinajstić information content (AvgIpc) is 2.67. The molecular weight excluding hydrogens is 314 g/mol. The lowest BCUT2D eigenvalue weighted by Gasteiger charge is -2.09. The highest BCUT2D eigenvalue weighted by Gasteiger charge is 2.02. The zero-order valence-corrected chi connectivity index (χ0v) is 13.7. The highest BCUT2D eigenvalue weighted by Crippen LogP contribution is 2.22. The fraction of sp³-hybridized carbons (Fsp3) is 0.100. The molecule has 1 aromatic heterocycles. The van der Waals surface area contributed by atoms with Gasteiger partial charge in [0.1, 0.15) is 11.5 Å². The molecule has 0 fully saturated rings. The first kappa shape index (κ1) is 16.5. The van der Waals surface area contributed by atoms with Gasteiger partial charge in [-0.3, -0.25) is 9.78 Å². The van der Waals surface area contributed by atoms with Gasteiger partial charge < -0.3 is 15.4 Å². The van der Waals surface area contributed by atoms with E-state index < -0.39 is 0 Å². The van der Waals surface area contributed by atoms with Gasteiger partial charge in [0.2, 0.25) is 5.91 Å². The van der Waals surface area contributed by atoms with Gasteiger partial charge in [0.15, 0.2) is 0 Å². The molecule has 0 bridgehead atoms. The number of carbonyl (C=O) groups excluding carboxylic acids is 1. The van der Waals surface area contributed by atoms with Gasteiger partial charge in [-0.25, -0.2) is 0 Å². The highest BCUT2D eigenvalue weighted by atomic mass is 16.5. The van der Waals surface area contributed by atoms with Crippen molar-refractivity contribution in [3.05, 3.63) is 84.7 Å². The van der Waals surface area contributed by atoms with Crippen LogP contribution in [-0.4, -0.2) is 17.4 Å². The SMILES string of the molecule is O=C(CNc1ccc(Oc2ccccc2)cc1)NCc1ccncc1. The van der Waals surface area contributed by atoms with Gasteiger partial charge in [-0.2, -0.15) is 0 Å². The fourth-order valence-electron chi connectivity index (χ4n) is 2.21. The van der Waals surface area contributed by atoms with Crippen LogP contribution in [0.3, 0.4) is 0 Å². The number of aromatic nitrogens is 1. The predicted octanol–water partition coefficient (Wildman–Crippen LogP) is 3.60. The maximum absolute atomic E-state index is 11.9. The van der Waals surface area contributed by atoms with E-state index in [2.05, 4.69) is 15.6 Å². The number of para-hydroxylation sites is 1. The number of rotatable bonds is 7. The molecule has 2 aromatic carbocycles. The van der Waals surface area contributed by atoms with Crippen molar-refractivity contribution < 1.29 is 9.53 Å². The van der Waals surface area contributed by atoms with Crippen LogP contribution in [0.4, 0.5) is 5.69 Å². The van der Waals surface area contributed by atoms with Crippen LogP contribution in [0.5, 0.6) is 11.5 Å². The minimum atomic E-state index is -0.0681. The summed E-state index contributed by atoms with van der Waals surface area (Å²) in [5.74, 6) is 1.47. The standard InChI is InChI=1S/C20H19N3O2/c24-20(23-14-16-10-12-21-13-11-16)15-22-17-6-8-19(9-7-17)25-18-4-2-1-3-5-18/h1-13,22H,14-15H2,(H,23,24). The fourth-order valence-corrected chi connectivity index (χ4v) is 2.21. The zero-order chi connectivity index (χ0) is 17.3. The van der Waals surface area contributed by atoms with Crippen LogP contribution >= 0.6 is 0 Å². The molecule has 0 saturated carbocycles. The Morgan fingerprint density at radius 1 is 0.880 bits per heavy atom. The summed E-state index contributed by atoms with van der Waals surface area (Å²) in [5.41, 5.74) is 1.88. The van der Waals surface area contributed by atoms with E-state index in [1.807, 2.05) is 66.7 Å². The molecule has 1 amide bonds. The maximum Gasteiger partial charge on any atom is 0.239 e. The van der Waals surface area contributed by atoms with Crippen LogP contribution in [0.1, 0.15) is 5.56 Å². The van der Waals surface area contributed by atoms with E-state index in [0.29, 0.717) is 6.54 Å². The minimum Gasteiger partial charge on any atom is -0.457 e. The third kappa shape index (κ3) is 5.35. The molecule has 3 aromatic rings. The summed E-state index contributed by atoms with van der Waals surface area (Å²) < 4.78 is 5.73. The predicted molar refractivity (Wildman–Crippen MR) is 97.5 cm³/mol. The molecule has 3 rings (SSSR count). The van der Waals surface area contributed by atoms with E-state index in [0.717, 1.165) is 22.7 Å². The van der Waals surface area contributed by atoms with E-state index in [4.69, 9.17) is 4.74 Å². The number of hydrogen-bond acceptors (Lipinski definition) is 4. The van der Waals surface area contributed by atoms with Gasteiger partial charge in [0, 0.05) is 24.6 Å². The molecule has 25 heavy (non-hydrogen) atoms. The van der Waals surface area contributed by atoms with Crippen molar-refractivity contribution in [1.29, 1.82) is 0 Å². The molecule has 2 N–H and O–H groups in total. The van der Waals surface area contributed by atoms with E-state index in [9.17, 15) is 4.79 Å². The molecule has 0 saturated heterocycles. The summed E-state index contributed by atoms with van der Waals surface area (Å²) in [5, 5.41) is 5.95. The molecule has 0 unspecified atom stereocenters. The van der Waals surface area contributed by atoms with E-state index in [1.54, 1.807) is 12.4 Å². The zero-order valence-electron chi connectivity index (χ0n) is 13.7. The Hall–Kier alpha value is -3.34. The van der Waals surface area contributed by atoms with Crippen LogP contribution in [0.25, 0.3) is 0 Å². The van der Waals surface area contributed by atoms with E-state index >= 15 is 0 Å². The Bertz CT molecular complexity index is 790. The van der Waals surface area contributed by atoms with Crippen molar-refractivity contribution in [1.82, 2.24) is 10.3 Å². The second-order valence-corrected chi connectivity index (χ2v) is 5.43. The third-order valence-corrected chi connectivity index (χ3v) is 3.53.